The van der Waals surface area contributed by atoms with E-state index in [0.29, 0.717) is 13.2 Å². The average molecular weight is 448 g/mol. The lowest BCUT2D eigenvalue weighted by molar-refractivity contribution is -0.121. The molecule has 0 aliphatic rings. The summed E-state index contributed by atoms with van der Waals surface area (Å²) >= 11 is 0. The summed E-state index contributed by atoms with van der Waals surface area (Å²) in [5.41, 5.74) is 5.37. The first-order chi connectivity index (χ1) is 16.0. The molecule has 1 amide bonds. The van der Waals surface area contributed by atoms with Crippen LogP contribution in [0.1, 0.15) is 30.0 Å². The summed E-state index contributed by atoms with van der Waals surface area (Å²) in [4.78, 5) is 17.8. The maximum atomic E-state index is 13.0. The minimum absolute atomic E-state index is 0.0906. The van der Waals surface area contributed by atoms with E-state index in [-0.39, 0.29) is 18.4 Å². The second kappa shape index (κ2) is 9.87. The number of hydrogen-bond acceptors (Lipinski definition) is 5. The van der Waals surface area contributed by atoms with Crippen molar-refractivity contribution in [2.24, 2.45) is 0 Å². The molecule has 8 nitrogen and oxygen atoms in total. The van der Waals surface area contributed by atoms with Crippen molar-refractivity contribution in [2.75, 3.05) is 20.8 Å². The molecule has 4 aromatic rings. The maximum Gasteiger partial charge on any atom is 0.225 e. The molecule has 0 fully saturated rings. The van der Waals surface area contributed by atoms with E-state index in [2.05, 4.69) is 20.1 Å². The van der Waals surface area contributed by atoms with Crippen molar-refractivity contribution in [3.8, 4) is 17.0 Å². The van der Waals surface area contributed by atoms with Crippen molar-refractivity contribution in [1.82, 2.24) is 25.1 Å². The summed E-state index contributed by atoms with van der Waals surface area (Å²) in [6.07, 6.45) is 0.215. The van der Waals surface area contributed by atoms with Gasteiger partial charge in [0.2, 0.25) is 5.91 Å². The fourth-order valence-electron chi connectivity index (χ4n) is 4.02. The number of para-hydroxylation sites is 2. The van der Waals surface area contributed by atoms with Crippen LogP contribution in [0.15, 0.2) is 48.5 Å². The highest BCUT2D eigenvalue weighted by Gasteiger charge is 2.21. The second-order valence-corrected chi connectivity index (χ2v) is 7.97. The molecule has 2 aromatic heterocycles. The molecular formula is C25H29N5O3. The number of H-pyrrole nitrogens is 1. The molecule has 0 saturated heterocycles. The number of aryl methyl sites for hydroxylation is 1. The first-order valence-electron chi connectivity index (χ1n) is 10.9. The monoisotopic (exact) mass is 447 g/mol. The Morgan fingerprint density at radius 3 is 2.64 bits per heavy atom. The normalized spacial score (nSPS) is 12.1. The van der Waals surface area contributed by atoms with E-state index in [4.69, 9.17) is 14.5 Å². The van der Waals surface area contributed by atoms with Gasteiger partial charge >= 0.3 is 0 Å². The summed E-state index contributed by atoms with van der Waals surface area (Å²) in [5.74, 6) is 1.49. The summed E-state index contributed by atoms with van der Waals surface area (Å²) in [7, 11) is 3.31. The van der Waals surface area contributed by atoms with Gasteiger partial charge in [0.1, 0.15) is 11.6 Å². The Balaban J connectivity index is 1.54. The molecule has 2 N–H and O–H groups in total. The molecule has 2 heterocycles. The largest absolute Gasteiger partial charge is 0.497 e. The third-order valence-electron chi connectivity index (χ3n) is 5.74. The number of imidazole rings is 1. The van der Waals surface area contributed by atoms with E-state index >= 15 is 0 Å². The number of benzene rings is 2. The quantitative estimate of drug-likeness (QED) is 0.407. The van der Waals surface area contributed by atoms with Gasteiger partial charge in [-0.3, -0.25) is 9.89 Å². The molecule has 0 unspecified atom stereocenters. The highest BCUT2D eigenvalue weighted by molar-refractivity contribution is 5.82. The zero-order chi connectivity index (χ0) is 23.4. The predicted molar refractivity (Wildman–Crippen MR) is 127 cm³/mol. The van der Waals surface area contributed by atoms with Gasteiger partial charge in [0.25, 0.3) is 0 Å². The molecule has 33 heavy (non-hydrogen) atoms. The highest BCUT2D eigenvalue weighted by atomic mass is 16.5. The van der Waals surface area contributed by atoms with Crippen molar-refractivity contribution < 1.29 is 14.3 Å². The van der Waals surface area contributed by atoms with Crippen molar-refractivity contribution in [3.63, 3.8) is 0 Å². The summed E-state index contributed by atoms with van der Waals surface area (Å²) in [5, 5.41) is 10.6. The van der Waals surface area contributed by atoms with Gasteiger partial charge < -0.3 is 19.4 Å². The van der Waals surface area contributed by atoms with Gasteiger partial charge in [0.15, 0.2) is 0 Å². The number of aromatic nitrogens is 4. The van der Waals surface area contributed by atoms with Crippen LogP contribution in [0.3, 0.4) is 0 Å². The molecule has 0 bridgehead atoms. The van der Waals surface area contributed by atoms with E-state index in [9.17, 15) is 4.79 Å². The lowest BCUT2D eigenvalue weighted by Crippen LogP contribution is -2.30. The molecule has 2 aromatic carbocycles. The first kappa shape index (κ1) is 22.5. The number of nitrogens with zero attached hydrogens (tertiary/aromatic N) is 3. The zero-order valence-corrected chi connectivity index (χ0v) is 19.4. The van der Waals surface area contributed by atoms with Crippen LogP contribution in [0, 0.1) is 6.92 Å². The van der Waals surface area contributed by atoms with Crippen LogP contribution in [-0.2, 0) is 22.5 Å². The Bertz CT molecular complexity index is 1240. The van der Waals surface area contributed by atoms with Crippen molar-refractivity contribution >= 4 is 16.9 Å². The van der Waals surface area contributed by atoms with Gasteiger partial charge in [-0.05, 0) is 50.2 Å². The highest BCUT2D eigenvalue weighted by Crippen LogP contribution is 2.26. The number of nitrogens with one attached hydrogen (secondary N) is 2. The Labute approximate surface area is 192 Å². The molecule has 0 saturated carbocycles. The molecule has 0 aliphatic carbocycles. The van der Waals surface area contributed by atoms with E-state index in [1.54, 1.807) is 14.2 Å². The zero-order valence-electron chi connectivity index (χ0n) is 19.4. The third-order valence-corrected chi connectivity index (χ3v) is 5.74. The van der Waals surface area contributed by atoms with Crippen LogP contribution in [0.4, 0.5) is 0 Å². The molecule has 0 spiro atoms. The molecule has 0 radical (unpaired) electrons. The molecule has 172 valence electrons. The number of carbonyl (C=O) groups is 1. The topological polar surface area (TPSA) is 94.1 Å². The lowest BCUT2D eigenvalue weighted by Gasteiger charge is -2.16. The Hall–Kier alpha value is -3.65. The van der Waals surface area contributed by atoms with Crippen molar-refractivity contribution in [3.05, 3.63) is 65.6 Å². The number of rotatable bonds is 9. The van der Waals surface area contributed by atoms with Crippen LogP contribution < -0.4 is 10.1 Å². The minimum Gasteiger partial charge on any atom is -0.497 e. The SMILES string of the molecule is COCCn1c([C@@H](C)NC(=O)Cc2c(-c3ccc(OC)cc3)n[nH]c2C)nc2ccccc21. The van der Waals surface area contributed by atoms with Gasteiger partial charge in [-0.1, -0.05) is 12.1 Å². The number of methoxy groups -OCH3 is 2. The number of fused-ring (bicyclic) bond motifs is 1. The minimum atomic E-state index is -0.265. The molecule has 0 aliphatic heterocycles. The van der Waals surface area contributed by atoms with Gasteiger partial charge in [-0.15, -0.1) is 0 Å². The molecule has 4 rings (SSSR count). The smallest absolute Gasteiger partial charge is 0.225 e. The number of amides is 1. The second-order valence-electron chi connectivity index (χ2n) is 7.97. The van der Waals surface area contributed by atoms with E-state index in [1.165, 1.54) is 0 Å². The molecule has 8 heteroatoms. The van der Waals surface area contributed by atoms with Crippen LogP contribution >= 0.6 is 0 Å². The van der Waals surface area contributed by atoms with Crippen molar-refractivity contribution in [1.29, 1.82) is 0 Å². The number of carbonyl (C=O) groups excluding carboxylic acids is 1. The standard InChI is InChI=1S/C25H29N5O3/c1-16-20(24(29-28-16)18-9-11-19(33-4)12-10-18)15-23(31)26-17(2)25-27-21-7-5-6-8-22(21)30(25)13-14-32-3/h5-12,17H,13-15H2,1-4H3,(H,26,31)(H,28,29)/t17-/m1/s1. The first-order valence-corrected chi connectivity index (χ1v) is 10.9. The van der Waals surface area contributed by atoms with E-state index < -0.39 is 0 Å². The molecular weight excluding hydrogens is 418 g/mol. The average Bonchev–Trinajstić information content (AvgIpc) is 3.38. The van der Waals surface area contributed by atoms with E-state index in [1.807, 2.05) is 62.4 Å². The third kappa shape index (κ3) is 4.75. The maximum absolute atomic E-state index is 13.0. The number of aromatic amines is 1. The summed E-state index contributed by atoms with van der Waals surface area (Å²) in [6, 6.07) is 15.4. The fraction of sp³-hybridized carbons (Fsp3) is 0.320. The Kier molecular flexibility index (Phi) is 6.74. The Morgan fingerprint density at radius 2 is 1.91 bits per heavy atom. The lowest BCUT2D eigenvalue weighted by atomic mass is 10.0. The fourth-order valence-corrected chi connectivity index (χ4v) is 4.02. The van der Waals surface area contributed by atoms with Crippen LogP contribution in [0.2, 0.25) is 0 Å². The summed E-state index contributed by atoms with van der Waals surface area (Å²) in [6.45, 7) is 5.10. The van der Waals surface area contributed by atoms with Gasteiger partial charge in [0.05, 0.1) is 42.9 Å². The van der Waals surface area contributed by atoms with Crippen LogP contribution in [0.5, 0.6) is 5.75 Å². The van der Waals surface area contributed by atoms with Crippen LogP contribution in [-0.4, -0.2) is 46.5 Å². The summed E-state index contributed by atoms with van der Waals surface area (Å²) < 4.78 is 12.6. The number of hydrogen-bond donors (Lipinski definition) is 2. The number of ether oxygens (including phenoxy) is 2. The van der Waals surface area contributed by atoms with Gasteiger partial charge in [-0.2, -0.15) is 5.10 Å². The van der Waals surface area contributed by atoms with E-state index in [0.717, 1.165) is 45.1 Å². The van der Waals surface area contributed by atoms with Crippen molar-refractivity contribution in [2.45, 2.75) is 32.9 Å². The van der Waals surface area contributed by atoms with Gasteiger partial charge in [0, 0.05) is 30.5 Å². The Morgan fingerprint density at radius 1 is 1.15 bits per heavy atom. The van der Waals surface area contributed by atoms with Gasteiger partial charge in [-0.25, -0.2) is 4.98 Å². The van der Waals surface area contributed by atoms with Crippen LogP contribution in [0.25, 0.3) is 22.3 Å². The predicted octanol–water partition coefficient (Wildman–Crippen LogP) is 3.81. The molecule has 1 atom stereocenters.